The lowest BCUT2D eigenvalue weighted by Crippen LogP contribution is -2.49. The standard InChI is InChI=1S/C18H29NO/c1-6-20-15-9-7-14(8-10-15)18(19)12-16(2,3)11-17(4,5)13-18/h7-10H,6,11-13,19H2,1-5H3. The number of hydrogen-bond acceptors (Lipinski definition) is 2. The van der Waals surface area contributed by atoms with Gasteiger partial charge in [0.15, 0.2) is 0 Å². The van der Waals surface area contributed by atoms with Crippen LogP contribution in [0.5, 0.6) is 5.75 Å². The smallest absolute Gasteiger partial charge is 0.119 e. The van der Waals surface area contributed by atoms with Gasteiger partial charge in [0.2, 0.25) is 0 Å². The third kappa shape index (κ3) is 3.35. The monoisotopic (exact) mass is 275 g/mol. The molecule has 0 aliphatic heterocycles. The average molecular weight is 275 g/mol. The van der Waals surface area contributed by atoms with Gasteiger partial charge in [-0.05, 0) is 54.7 Å². The lowest BCUT2D eigenvalue weighted by atomic mass is 9.57. The highest BCUT2D eigenvalue weighted by Crippen LogP contribution is 2.52. The van der Waals surface area contributed by atoms with Crippen LogP contribution in [0.2, 0.25) is 0 Å². The van der Waals surface area contributed by atoms with Gasteiger partial charge >= 0.3 is 0 Å². The summed E-state index contributed by atoms with van der Waals surface area (Å²) in [5.41, 5.74) is 8.40. The summed E-state index contributed by atoms with van der Waals surface area (Å²) < 4.78 is 5.52. The van der Waals surface area contributed by atoms with E-state index < -0.39 is 0 Å². The largest absolute Gasteiger partial charge is 0.494 e. The molecule has 112 valence electrons. The second kappa shape index (κ2) is 5.07. The summed E-state index contributed by atoms with van der Waals surface area (Å²) >= 11 is 0. The first-order valence-corrected chi connectivity index (χ1v) is 7.68. The first-order valence-electron chi connectivity index (χ1n) is 7.68. The van der Waals surface area contributed by atoms with E-state index in [1.807, 2.05) is 19.1 Å². The van der Waals surface area contributed by atoms with Crippen molar-refractivity contribution in [1.82, 2.24) is 0 Å². The third-order valence-corrected chi connectivity index (χ3v) is 4.29. The maximum Gasteiger partial charge on any atom is 0.119 e. The van der Waals surface area contributed by atoms with Gasteiger partial charge in [0.1, 0.15) is 5.75 Å². The van der Waals surface area contributed by atoms with E-state index in [1.54, 1.807) is 0 Å². The highest BCUT2D eigenvalue weighted by Gasteiger charge is 2.46. The van der Waals surface area contributed by atoms with Gasteiger partial charge in [-0.1, -0.05) is 39.8 Å². The van der Waals surface area contributed by atoms with Gasteiger partial charge in [-0.25, -0.2) is 0 Å². The molecule has 0 bridgehead atoms. The Morgan fingerprint density at radius 2 is 1.45 bits per heavy atom. The van der Waals surface area contributed by atoms with Gasteiger partial charge in [-0.3, -0.25) is 0 Å². The molecule has 2 N–H and O–H groups in total. The van der Waals surface area contributed by atoms with Crippen LogP contribution in [0.1, 0.15) is 59.4 Å². The lowest BCUT2D eigenvalue weighted by molar-refractivity contribution is 0.0470. The molecular formula is C18H29NO. The third-order valence-electron chi connectivity index (χ3n) is 4.29. The van der Waals surface area contributed by atoms with Crippen LogP contribution in [-0.2, 0) is 5.54 Å². The van der Waals surface area contributed by atoms with Crippen molar-refractivity contribution < 1.29 is 4.74 Å². The molecular weight excluding hydrogens is 246 g/mol. The van der Waals surface area contributed by atoms with Crippen molar-refractivity contribution in [3.63, 3.8) is 0 Å². The Bertz CT molecular complexity index is 443. The first kappa shape index (κ1) is 15.4. The fraction of sp³-hybridized carbons (Fsp3) is 0.667. The summed E-state index contributed by atoms with van der Waals surface area (Å²) in [5, 5.41) is 0. The molecule has 1 aromatic rings. The van der Waals surface area contributed by atoms with Crippen molar-refractivity contribution in [2.45, 2.75) is 59.4 Å². The molecule has 0 atom stereocenters. The van der Waals surface area contributed by atoms with Crippen molar-refractivity contribution in [2.75, 3.05) is 6.61 Å². The molecule has 0 aromatic heterocycles. The van der Waals surface area contributed by atoms with Gasteiger partial charge < -0.3 is 10.5 Å². The number of rotatable bonds is 3. The van der Waals surface area contributed by atoms with E-state index in [0.717, 1.165) is 18.6 Å². The molecule has 2 rings (SSSR count). The number of ether oxygens (including phenoxy) is 1. The van der Waals surface area contributed by atoms with Crippen LogP contribution in [0.15, 0.2) is 24.3 Å². The molecule has 1 aliphatic carbocycles. The summed E-state index contributed by atoms with van der Waals surface area (Å²) in [5.74, 6) is 0.925. The van der Waals surface area contributed by atoms with E-state index in [2.05, 4.69) is 39.8 Å². The predicted molar refractivity (Wildman–Crippen MR) is 84.9 cm³/mol. The van der Waals surface area contributed by atoms with Crippen LogP contribution < -0.4 is 10.5 Å². The van der Waals surface area contributed by atoms with E-state index in [1.165, 1.54) is 12.0 Å². The topological polar surface area (TPSA) is 35.2 Å². The molecule has 1 saturated carbocycles. The molecule has 0 spiro atoms. The van der Waals surface area contributed by atoms with Crippen LogP contribution in [0.25, 0.3) is 0 Å². The predicted octanol–water partition coefficient (Wildman–Crippen LogP) is 4.48. The maximum atomic E-state index is 6.81. The van der Waals surface area contributed by atoms with Crippen molar-refractivity contribution >= 4 is 0 Å². The quantitative estimate of drug-likeness (QED) is 0.883. The second-order valence-corrected chi connectivity index (χ2v) is 7.97. The fourth-order valence-electron chi connectivity index (χ4n) is 4.44. The van der Waals surface area contributed by atoms with Crippen LogP contribution >= 0.6 is 0 Å². The Hall–Kier alpha value is -1.02. The van der Waals surface area contributed by atoms with E-state index in [0.29, 0.717) is 6.61 Å². The van der Waals surface area contributed by atoms with Gasteiger partial charge in [-0.2, -0.15) is 0 Å². The van der Waals surface area contributed by atoms with E-state index in [4.69, 9.17) is 10.5 Å². The number of benzene rings is 1. The Morgan fingerprint density at radius 3 is 1.90 bits per heavy atom. The van der Waals surface area contributed by atoms with E-state index in [9.17, 15) is 0 Å². The molecule has 20 heavy (non-hydrogen) atoms. The van der Waals surface area contributed by atoms with Crippen LogP contribution in [-0.4, -0.2) is 6.61 Å². The number of nitrogens with two attached hydrogens (primary N) is 1. The molecule has 1 fully saturated rings. The first-order chi connectivity index (χ1) is 9.16. The van der Waals surface area contributed by atoms with Crippen molar-refractivity contribution in [3.05, 3.63) is 29.8 Å². The lowest BCUT2D eigenvalue weighted by Gasteiger charge is -2.50. The van der Waals surface area contributed by atoms with Gasteiger partial charge in [0, 0.05) is 5.54 Å². The Balaban J connectivity index is 2.29. The molecule has 0 saturated heterocycles. The van der Waals surface area contributed by atoms with Gasteiger partial charge in [0.25, 0.3) is 0 Å². The second-order valence-electron chi connectivity index (χ2n) is 7.97. The Labute approximate surface area is 123 Å². The molecule has 0 amide bonds. The highest BCUT2D eigenvalue weighted by molar-refractivity contribution is 5.33. The van der Waals surface area contributed by atoms with Crippen LogP contribution in [0.3, 0.4) is 0 Å². The molecule has 0 heterocycles. The zero-order chi connectivity index (χ0) is 15.0. The van der Waals surface area contributed by atoms with E-state index in [-0.39, 0.29) is 16.4 Å². The summed E-state index contributed by atoms with van der Waals surface area (Å²) in [6.45, 7) is 12.1. The normalized spacial score (nSPS) is 23.3. The molecule has 1 aromatic carbocycles. The van der Waals surface area contributed by atoms with Crippen molar-refractivity contribution in [3.8, 4) is 5.75 Å². The SMILES string of the molecule is CCOc1ccc(C2(N)CC(C)(C)CC(C)(C)C2)cc1. The average Bonchev–Trinajstić information content (AvgIpc) is 2.25. The Morgan fingerprint density at radius 1 is 0.950 bits per heavy atom. The van der Waals surface area contributed by atoms with Gasteiger partial charge in [0.05, 0.1) is 6.61 Å². The highest BCUT2D eigenvalue weighted by atomic mass is 16.5. The van der Waals surface area contributed by atoms with Crippen LogP contribution in [0.4, 0.5) is 0 Å². The summed E-state index contributed by atoms with van der Waals surface area (Å²) in [7, 11) is 0. The molecule has 1 aliphatic rings. The minimum Gasteiger partial charge on any atom is -0.494 e. The van der Waals surface area contributed by atoms with Crippen LogP contribution in [0, 0.1) is 10.8 Å². The Kier molecular flexibility index (Phi) is 3.90. The summed E-state index contributed by atoms with van der Waals surface area (Å²) in [4.78, 5) is 0. The molecule has 2 heteroatoms. The van der Waals surface area contributed by atoms with Crippen molar-refractivity contribution in [2.24, 2.45) is 16.6 Å². The molecule has 0 unspecified atom stereocenters. The maximum absolute atomic E-state index is 6.81. The zero-order valence-corrected chi connectivity index (χ0v) is 13.6. The number of hydrogen-bond donors (Lipinski definition) is 1. The minimum atomic E-state index is -0.226. The van der Waals surface area contributed by atoms with Gasteiger partial charge in [-0.15, -0.1) is 0 Å². The summed E-state index contributed by atoms with van der Waals surface area (Å²) in [6.07, 6.45) is 3.31. The van der Waals surface area contributed by atoms with E-state index >= 15 is 0 Å². The van der Waals surface area contributed by atoms with Crippen molar-refractivity contribution in [1.29, 1.82) is 0 Å². The molecule has 2 nitrogen and oxygen atoms in total. The zero-order valence-electron chi connectivity index (χ0n) is 13.6. The minimum absolute atomic E-state index is 0.226. The fourth-order valence-corrected chi connectivity index (χ4v) is 4.44. The molecule has 0 radical (unpaired) electrons. The summed E-state index contributed by atoms with van der Waals surface area (Å²) in [6, 6.07) is 8.37.